The first-order chi connectivity index (χ1) is 14.9. The van der Waals surface area contributed by atoms with Crippen LogP contribution in [0.15, 0.2) is 52.1 Å². The smallest absolute Gasteiger partial charge is 0.329 e. The highest BCUT2D eigenvalue weighted by Crippen LogP contribution is 2.25. The number of H-pyrrole nitrogens is 1. The van der Waals surface area contributed by atoms with Crippen LogP contribution in [0.5, 0.6) is 0 Å². The normalized spacial score (nSPS) is 15.6. The van der Waals surface area contributed by atoms with Crippen molar-refractivity contribution in [1.82, 2.24) is 9.55 Å². The van der Waals surface area contributed by atoms with Gasteiger partial charge in [-0.2, -0.15) is 0 Å². The van der Waals surface area contributed by atoms with Crippen LogP contribution in [-0.4, -0.2) is 26.7 Å². The van der Waals surface area contributed by atoms with Crippen LogP contribution < -0.4 is 16.6 Å². The number of fused-ring (bicyclic) bond motifs is 1. The monoisotopic (exact) mass is 425 g/mol. The zero-order valence-electron chi connectivity index (χ0n) is 16.9. The Labute approximate surface area is 177 Å². The molecule has 162 valence electrons. The molecule has 7 nitrogen and oxygen atoms in total. The Morgan fingerprint density at radius 3 is 2.55 bits per heavy atom. The quantitative estimate of drug-likeness (QED) is 0.561. The lowest BCUT2D eigenvalue weighted by molar-refractivity contribution is -0.141. The second kappa shape index (κ2) is 8.75. The first-order valence-electron chi connectivity index (χ1n) is 10.5. The number of aliphatic carboxylic acids is 1. The molecule has 31 heavy (non-hydrogen) atoms. The number of carboxylic acid groups (broad SMARTS) is 1. The maximum absolute atomic E-state index is 14.8. The summed E-state index contributed by atoms with van der Waals surface area (Å²) in [5.74, 6) is -1.92. The maximum Gasteiger partial charge on any atom is 0.329 e. The fraction of sp³-hybridized carbons (Fsp3) is 0.348. The molecule has 0 spiro atoms. The van der Waals surface area contributed by atoms with E-state index in [1.165, 1.54) is 12.5 Å². The molecule has 2 aromatic carbocycles. The van der Waals surface area contributed by atoms with Gasteiger partial charge in [0.25, 0.3) is 5.56 Å². The van der Waals surface area contributed by atoms with Gasteiger partial charge in [0.2, 0.25) is 0 Å². The summed E-state index contributed by atoms with van der Waals surface area (Å²) < 4.78 is 15.4. The van der Waals surface area contributed by atoms with E-state index in [0.29, 0.717) is 10.1 Å². The largest absolute Gasteiger partial charge is 0.480 e. The number of benzene rings is 2. The number of halogens is 1. The van der Waals surface area contributed by atoms with Gasteiger partial charge in [-0.3, -0.25) is 4.79 Å². The van der Waals surface area contributed by atoms with Gasteiger partial charge in [0.05, 0.1) is 16.6 Å². The summed E-state index contributed by atoms with van der Waals surface area (Å²) in [6.45, 7) is 0. The minimum absolute atomic E-state index is 0.0472. The lowest BCUT2D eigenvalue weighted by Crippen LogP contribution is -2.42. The van der Waals surface area contributed by atoms with Crippen LogP contribution in [0.1, 0.15) is 43.7 Å². The average molecular weight is 425 g/mol. The molecule has 1 aromatic heterocycles. The molecule has 3 aromatic rings. The van der Waals surface area contributed by atoms with Gasteiger partial charge in [0.15, 0.2) is 0 Å². The molecule has 1 heterocycles. The van der Waals surface area contributed by atoms with Crippen molar-refractivity contribution >= 4 is 22.6 Å². The molecule has 8 heteroatoms. The Bertz CT molecular complexity index is 1210. The molecule has 0 bridgehead atoms. The number of rotatable bonds is 6. The molecule has 1 aliphatic rings. The molecule has 1 fully saturated rings. The molecule has 0 radical (unpaired) electrons. The van der Waals surface area contributed by atoms with Gasteiger partial charge in [-0.25, -0.2) is 18.5 Å². The standard InChI is InChI=1S/C23H24FN3O4/c24-17-12-16-18(13-19(17)25-15-9-5-2-6-10-15)26-23(31)27(21(16)28)20(22(29)30)11-14-7-3-1-4-8-14/h1,3-4,7-8,12-13,15,20,25H,2,5-6,9-11H2,(H,26,31)(H,29,30)/t20-/m0/s1. The van der Waals surface area contributed by atoms with E-state index in [9.17, 15) is 23.9 Å². The number of carboxylic acids is 1. The molecule has 1 saturated carbocycles. The molecule has 4 rings (SSSR count). The fourth-order valence-electron chi connectivity index (χ4n) is 4.24. The molecular weight excluding hydrogens is 401 g/mol. The van der Waals surface area contributed by atoms with E-state index in [1.54, 1.807) is 30.3 Å². The van der Waals surface area contributed by atoms with Crippen molar-refractivity contribution in [3.05, 3.63) is 74.7 Å². The van der Waals surface area contributed by atoms with Crippen LogP contribution >= 0.6 is 0 Å². The van der Waals surface area contributed by atoms with Gasteiger partial charge in [0, 0.05) is 12.5 Å². The van der Waals surface area contributed by atoms with E-state index in [1.807, 2.05) is 0 Å². The van der Waals surface area contributed by atoms with E-state index < -0.39 is 29.1 Å². The van der Waals surface area contributed by atoms with Crippen LogP contribution in [0.25, 0.3) is 10.9 Å². The Morgan fingerprint density at radius 1 is 1.16 bits per heavy atom. The van der Waals surface area contributed by atoms with E-state index in [4.69, 9.17) is 0 Å². The molecule has 1 aliphatic carbocycles. The maximum atomic E-state index is 14.8. The van der Waals surface area contributed by atoms with Crippen LogP contribution in [0, 0.1) is 5.82 Å². The zero-order chi connectivity index (χ0) is 22.0. The topological polar surface area (TPSA) is 104 Å². The molecule has 0 saturated heterocycles. The summed E-state index contributed by atoms with van der Waals surface area (Å²) in [5, 5.41) is 12.8. The first-order valence-corrected chi connectivity index (χ1v) is 10.5. The third-order valence-corrected chi connectivity index (χ3v) is 5.85. The molecule has 1 atom stereocenters. The second-order valence-electron chi connectivity index (χ2n) is 8.01. The summed E-state index contributed by atoms with van der Waals surface area (Å²) in [4.78, 5) is 40.2. The summed E-state index contributed by atoms with van der Waals surface area (Å²) in [5.41, 5.74) is -0.596. The van der Waals surface area contributed by atoms with Crippen molar-refractivity contribution in [2.75, 3.05) is 5.32 Å². The van der Waals surface area contributed by atoms with Crippen molar-refractivity contribution in [1.29, 1.82) is 0 Å². The fourth-order valence-corrected chi connectivity index (χ4v) is 4.24. The van der Waals surface area contributed by atoms with Gasteiger partial charge in [0.1, 0.15) is 11.9 Å². The summed E-state index contributed by atoms with van der Waals surface area (Å²) in [6.07, 6.45) is 5.15. The number of nitrogens with zero attached hydrogens (tertiary/aromatic N) is 1. The van der Waals surface area contributed by atoms with E-state index in [0.717, 1.165) is 31.7 Å². The third-order valence-electron chi connectivity index (χ3n) is 5.85. The number of anilines is 1. The van der Waals surface area contributed by atoms with E-state index in [-0.39, 0.29) is 29.1 Å². The molecule has 0 aliphatic heterocycles. The molecule has 3 N–H and O–H groups in total. The van der Waals surface area contributed by atoms with E-state index in [2.05, 4.69) is 10.3 Å². The summed E-state index contributed by atoms with van der Waals surface area (Å²) in [7, 11) is 0. The summed E-state index contributed by atoms with van der Waals surface area (Å²) >= 11 is 0. The minimum Gasteiger partial charge on any atom is -0.480 e. The number of aromatic amines is 1. The lowest BCUT2D eigenvalue weighted by atomic mass is 9.95. The van der Waals surface area contributed by atoms with Crippen molar-refractivity contribution < 1.29 is 14.3 Å². The number of aromatic nitrogens is 2. The van der Waals surface area contributed by atoms with Crippen molar-refractivity contribution in [2.45, 2.75) is 50.6 Å². The Balaban J connectivity index is 1.75. The zero-order valence-corrected chi connectivity index (χ0v) is 16.9. The molecule has 0 unspecified atom stereocenters. The Hall–Kier alpha value is -3.42. The molecule has 0 amide bonds. The van der Waals surface area contributed by atoms with Gasteiger partial charge >= 0.3 is 11.7 Å². The van der Waals surface area contributed by atoms with Crippen LogP contribution in [-0.2, 0) is 11.2 Å². The van der Waals surface area contributed by atoms with Gasteiger partial charge in [-0.15, -0.1) is 0 Å². The average Bonchev–Trinajstić information content (AvgIpc) is 2.76. The van der Waals surface area contributed by atoms with E-state index >= 15 is 0 Å². The predicted molar refractivity (Wildman–Crippen MR) is 116 cm³/mol. The lowest BCUT2D eigenvalue weighted by Gasteiger charge is -2.24. The Kier molecular flexibility index (Phi) is 5.88. The second-order valence-corrected chi connectivity index (χ2v) is 8.01. The third kappa shape index (κ3) is 4.38. The number of hydrogen-bond donors (Lipinski definition) is 3. The highest BCUT2D eigenvalue weighted by Gasteiger charge is 2.25. The van der Waals surface area contributed by atoms with Crippen molar-refractivity contribution in [3.63, 3.8) is 0 Å². The molecular formula is C23H24FN3O4. The minimum atomic E-state index is -1.41. The first kappa shape index (κ1) is 20.8. The number of nitrogens with one attached hydrogen (secondary N) is 2. The number of hydrogen-bond acceptors (Lipinski definition) is 4. The van der Waals surface area contributed by atoms with Crippen molar-refractivity contribution in [3.8, 4) is 0 Å². The predicted octanol–water partition coefficient (Wildman–Crippen LogP) is 3.44. The highest BCUT2D eigenvalue weighted by atomic mass is 19.1. The van der Waals surface area contributed by atoms with Gasteiger partial charge in [-0.05, 0) is 30.5 Å². The van der Waals surface area contributed by atoms with Crippen LogP contribution in [0.2, 0.25) is 0 Å². The van der Waals surface area contributed by atoms with Gasteiger partial charge < -0.3 is 15.4 Å². The SMILES string of the molecule is O=C(O)[C@H](Cc1ccccc1)n1c(=O)[nH]c2cc(NC3CCCCC3)c(F)cc2c1=O. The van der Waals surface area contributed by atoms with Gasteiger partial charge in [-0.1, -0.05) is 49.6 Å². The van der Waals surface area contributed by atoms with Crippen molar-refractivity contribution in [2.24, 2.45) is 0 Å². The summed E-state index contributed by atoms with van der Waals surface area (Å²) in [6, 6.07) is 9.95. The highest BCUT2D eigenvalue weighted by molar-refractivity contribution is 5.82. The van der Waals surface area contributed by atoms with Crippen LogP contribution in [0.3, 0.4) is 0 Å². The Morgan fingerprint density at radius 2 is 1.87 bits per heavy atom. The number of carbonyl (C=O) groups is 1. The van der Waals surface area contributed by atoms with Crippen LogP contribution in [0.4, 0.5) is 10.1 Å².